The number of ketones is 1. The van der Waals surface area contributed by atoms with Crippen LogP contribution in [0.3, 0.4) is 0 Å². The molecule has 1 aliphatic rings. The molecule has 0 amide bonds. The molecule has 0 saturated heterocycles. The molecule has 0 spiro atoms. The molecule has 1 heteroatoms. The second-order valence-electron chi connectivity index (χ2n) is 4.06. The van der Waals surface area contributed by atoms with Crippen LogP contribution in [0, 0.1) is 0 Å². The third-order valence-corrected chi connectivity index (χ3v) is 3.10. The van der Waals surface area contributed by atoms with Gasteiger partial charge in [-0.25, -0.2) is 0 Å². The van der Waals surface area contributed by atoms with Gasteiger partial charge < -0.3 is 0 Å². The van der Waals surface area contributed by atoms with Gasteiger partial charge in [-0.1, -0.05) is 24.3 Å². The van der Waals surface area contributed by atoms with Crippen molar-refractivity contribution in [3.63, 3.8) is 0 Å². The maximum absolute atomic E-state index is 11.5. The van der Waals surface area contributed by atoms with Crippen LogP contribution in [-0.2, 0) is 17.6 Å². The van der Waals surface area contributed by atoms with E-state index in [2.05, 4.69) is 18.2 Å². The number of fused-ring (bicyclic) bond motifs is 1. The number of carbonyl (C=O) groups is 1. The Morgan fingerprint density at radius 2 is 2.13 bits per heavy atom. The van der Waals surface area contributed by atoms with Gasteiger partial charge in [-0.2, -0.15) is 0 Å². The minimum Gasteiger partial charge on any atom is -0.295 e. The lowest BCUT2D eigenvalue weighted by atomic mass is 9.95. The minimum atomic E-state index is 0.165. The van der Waals surface area contributed by atoms with Crippen molar-refractivity contribution in [2.75, 3.05) is 0 Å². The first-order chi connectivity index (χ1) is 7.24. The van der Waals surface area contributed by atoms with Crippen molar-refractivity contribution in [2.24, 2.45) is 0 Å². The molecule has 0 fully saturated rings. The van der Waals surface area contributed by atoms with Gasteiger partial charge in [-0.3, -0.25) is 4.79 Å². The van der Waals surface area contributed by atoms with Gasteiger partial charge in [-0.05, 0) is 49.8 Å². The summed E-state index contributed by atoms with van der Waals surface area (Å²) in [4.78, 5) is 11.5. The highest BCUT2D eigenvalue weighted by Crippen LogP contribution is 2.29. The highest BCUT2D eigenvalue weighted by atomic mass is 16.1. The first-order valence-electron chi connectivity index (χ1n) is 5.52. The summed E-state index contributed by atoms with van der Waals surface area (Å²) in [6.07, 6.45) is 5.44. The van der Waals surface area contributed by atoms with Crippen molar-refractivity contribution in [1.29, 1.82) is 0 Å². The smallest absolute Gasteiger partial charge is 0.160 e. The van der Waals surface area contributed by atoms with E-state index in [-0.39, 0.29) is 5.78 Å². The topological polar surface area (TPSA) is 17.1 Å². The molecule has 0 N–H and O–H groups in total. The number of hydrogen-bond donors (Lipinski definition) is 0. The van der Waals surface area contributed by atoms with Gasteiger partial charge >= 0.3 is 0 Å². The molecule has 15 heavy (non-hydrogen) atoms. The van der Waals surface area contributed by atoms with Gasteiger partial charge in [0.15, 0.2) is 5.78 Å². The number of rotatable bonds is 2. The van der Waals surface area contributed by atoms with Gasteiger partial charge in [0.25, 0.3) is 0 Å². The number of aryl methyl sites for hydroxylation is 1. The zero-order valence-corrected chi connectivity index (χ0v) is 9.34. The van der Waals surface area contributed by atoms with Gasteiger partial charge in [0.05, 0.1) is 0 Å². The van der Waals surface area contributed by atoms with Crippen molar-refractivity contribution in [3.05, 3.63) is 41.0 Å². The summed E-state index contributed by atoms with van der Waals surface area (Å²) in [6, 6.07) is 6.31. The van der Waals surface area contributed by atoms with E-state index in [1.165, 1.54) is 17.5 Å². The average Bonchev–Trinajstić information content (AvgIpc) is 2.66. The SMILES string of the molecule is C/C=C(\C(C)=O)c1cccc2c1CCC2. The Balaban J connectivity index is 2.54. The van der Waals surface area contributed by atoms with Crippen molar-refractivity contribution in [2.45, 2.75) is 33.1 Å². The first kappa shape index (κ1) is 10.2. The molecule has 2 rings (SSSR count). The van der Waals surface area contributed by atoms with Crippen LogP contribution in [0.25, 0.3) is 5.57 Å². The van der Waals surface area contributed by atoms with Crippen molar-refractivity contribution in [3.8, 4) is 0 Å². The molecule has 1 aromatic carbocycles. The average molecular weight is 200 g/mol. The van der Waals surface area contributed by atoms with Crippen LogP contribution in [0.5, 0.6) is 0 Å². The summed E-state index contributed by atoms with van der Waals surface area (Å²) in [7, 11) is 0. The van der Waals surface area contributed by atoms with Crippen LogP contribution < -0.4 is 0 Å². The number of hydrogen-bond acceptors (Lipinski definition) is 1. The molecule has 0 aromatic heterocycles. The highest BCUT2D eigenvalue weighted by molar-refractivity contribution is 6.19. The van der Waals surface area contributed by atoms with Gasteiger partial charge in [0.2, 0.25) is 0 Å². The maximum atomic E-state index is 11.5. The van der Waals surface area contributed by atoms with Crippen molar-refractivity contribution < 1.29 is 4.79 Å². The highest BCUT2D eigenvalue weighted by Gasteiger charge is 2.17. The Morgan fingerprint density at radius 1 is 1.33 bits per heavy atom. The number of carbonyl (C=O) groups excluding carboxylic acids is 1. The Kier molecular flexibility index (Phi) is 2.72. The normalized spacial score (nSPS) is 15.2. The van der Waals surface area contributed by atoms with Crippen LogP contribution in [0.1, 0.15) is 37.0 Å². The molecular weight excluding hydrogens is 184 g/mol. The number of allylic oxidation sites excluding steroid dienone is 2. The second-order valence-corrected chi connectivity index (χ2v) is 4.06. The van der Waals surface area contributed by atoms with Crippen molar-refractivity contribution >= 4 is 11.4 Å². The lowest BCUT2D eigenvalue weighted by Gasteiger charge is -2.09. The summed E-state index contributed by atoms with van der Waals surface area (Å²) in [6.45, 7) is 3.58. The Bertz CT molecular complexity index is 427. The molecule has 1 aliphatic carbocycles. The Labute approximate surface area is 90.8 Å². The van der Waals surface area contributed by atoms with E-state index in [0.717, 1.165) is 24.0 Å². The monoisotopic (exact) mass is 200 g/mol. The zero-order valence-electron chi connectivity index (χ0n) is 9.34. The summed E-state index contributed by atoms with van der Waals surface area (Å²) in [5.74, 6) is 0.165. The quantitative estimate of drug-likeness (QED) is 0.670. The molecule has 1 nitrogen and oxygen atoms in total. The van der Waals surface area contributed by atoms with Gasteiger partial charge in [-0.15, -0.1) is 0 Å². The molecule has 0 saturated carbocycles. The van der Waals surface area contributed by atoms with Crippen molar-refractivity contribution in [1.82, 2.24) is 0 Å². The van der Waals surface area contributed by atoms with Crippen LogP contribution in [0.2, 0.25) is 0 Å². The lowest BCUT2D eigenvalue weighted by molar-refractivity contribution is -0.111. The van der Waals surface area contributed by atoms with Gasteiger partial charge in [0, 0.05) is 5.57 Å². The number of Topliss-reactive ketones (excluding diaryl/α,β-unsaturated/α-hetero) is 1. The van der Waals surface area contributed by atoms with Gasteiger partial charge in [0.1, 0.15) is 0 Å². The standard InChI is InChI=1S/C14H16O/c1-3-12(10(2)15)14-9-5-7-11-6-4-8-13(11)14/h3,5,7,9H,4,6,8H2,1-2H3/b12-3+. The summed E-state index contributed by atoms with van der Waals surface area (Å²) >= 11 is 0. The predicted octanol–water partition coefficient (Wildman–Crippen LogP) is 3.17. The van der Waals surface area contributed by atoms with Crippen LogP contribution in [0.4, 0.5) is 0 Å². The molecule has 1 aromatic rings. The van der Waals surface area contributed by atoms with E-state index in [1.54, 1.807) is 6.92 Å². The van der Waals surface area contributed by atoms with Crippen LogP contribution in [0.15, 0.2) is 24.3 Å². The summed E-state index contributed by atoms with van der Waals surface area (Å²) in [5, 5.41) is 0. The zero-order chi connectivity index (χ0) is 10.8. The third kappa shape index (κ3) is 1.74. The summed E-state index contributed by atoms with van der Waals surface area (Å²) < 4.78 is 0. The maximum Gasteiger partial charge on any atom is 0.160 e. The second kappa shape index (κ2) is 4.01. The molecule has 0 bridgehead atoms. The fraction of sp³-hybridized carbons (Fsp3) is 0.357. The van der Waals surface area contributed by atoms with E-state index in [4.69, 9.17) is 0 Å². The summed E-state index contributed by atoms with van der Waals surface area (Å²) in [5.41, 5.74) is 4.84. The Morgan fingerprint density at radius 3 is 2.80 bits per heavy atom. The van der Waals surface area contributed by atoms with Crippen LogP contribution in [-0.4, -0.2) is 5.78 Å². The largest absolute Gasteiger partial charge is 0.295 e. The molecule has 0 aliphatic heterocycles. The van der Waals surface area contributed by atoms with Crippen LogP contribution >= 0.6 is 0 Å². The Hall–Kier alpha value is -1.37. The molecule has 0 heterocycles. The molecule has 0 radical (unpaired) electrons. The van der Waals surface area contributed by atoms with E-state index < -0.39 is 0 Å². The first-order valence-corrected chi connectivity index (χ1v) is 5.52. The molecular formula is C14H16O. The van der Waals surface area contributed by atoms with E-state index in [1.807, 2.05) is 13.0 Å². The number of benzene rings is 1. The molecule has 78 valence electrons. The third-order valence-electron chi connectivity index (χ3n) is 3.10. The fourth-order valence-corrected chi connectivity index (χ4v) is 2.42. The minimum absolute atomic E-state index is 0.165. The predicted molar refractivity (Wildman–Crippen MR) is 62.8 cm³/mol. The van der Waals surface area contributed by atoms with E-state index in [0.29, 0.717) is 0 Å². The lowest BCUT2D eigenvalue weighted by Crippen LogP contribution is -1.99. The molecule has 0 unspecified atom stereocenters. The van der Waals surface area contributed by atoms with E-state index >= 15 is 0 Å². The van der Waals surface area contributed by atoms with E-state index in [9.17, 15) is 4.79 Å². The fourth-order valence-electron chi connectivity index (χ4n) is 2.42. The molecule has 0 atom stereocenters.